The summed E-state index contributed by atoms with van der Waals surface area (Å²) in [5, 5.41) is 28.0. The average Bonchev–Trinajstić information content (AvgIpc) is 3.57. The van der Waals surface area contributed by atoms with Crippen LogP contribution in [0.3, 0.4) is 0 Å². The van der Waals surface area contributed by atoms with E-state index in [-0.39, 0.29) is 13.2 Å². The Hall–Kier alpha value is -2.54. The van der Waals surface area contributed by atoms with Crippen molar-refractivity contribution >= 4 is 55.8 Å². The highest BCUT2D eigenvalue weighted by Crippen LogP contribution is 2.37. The largest absolute Gasteiger partial charge is 0.485 e. The molecule has 5 rings (SSSR count). The second-order valence-corrected chi connectivity index (χ2v) is 10.3. The third kappa shape index (κ3) is 4.67. The molecule has 0 saturated heterocycles. The van der Waals surface area contributed by atoms with Crippen molar-refractivity contribution in [2.24, 2.45) is 0 Å². The van der Waals surface area contributed by atoms with Crippen molar-refractivity contribution in [2.75, 3.05) is 0 Å². The zero-order valence-corrected chi connectivity index (χ0v) is 21.5. The number of ether oxygens (including phenoxy) is 2. The van der Waals surface area contributed by atoms with E-state index in [0.717, 1.165) is 57.3 Å². The lowest BCUT2D eigenvalue weighted by atomic mass is 10.3. The molecule has 34 heavy (non-hydrogen) atoms. The number of benzene rings is 1. The van der Waals surface area contributed by atoms with Gasteiger partial charge in [0.1, 0.15) is 24.7 Å². The van der Waals surface area contributed by atoms with Gasteiger partial charge in [-0.3, -0.25) is 0 Å². The van der Waals surface area contributed by atoms with Crippen molar-refractivity contribution in [1.29, 1.82) is 0 Å². The first-order valence-electron chi connectivity index (χ1n) is 10.7. The molecule has 1 aromatic carbocycles. The molecular formula is C20H20Cl2N8O2S2. The van der Waals surface area contributed by atoms with Crippen molar-refractivity contribution in [3.05, 3.63) is 43.8 Å². The molecule has 0 unspecified atom stereocenters. The molecular weight excluding hydrogens is 519 g/mol. The van der Waals surface area contributed by atoms with Gasteiger partial charge in [-0.15, -0.1) is 20.4 Å². The van der Waals surface area contributed by atoms with Gasteiger partial charge in [0.25, 0.3) is 0 Å². The highest BCUT2D eigenvalue weighted by Gasteiger charge is 2.16. The fourth-order valence-corrected chi connectivity index (χ4v) is 5.23. The normalized spacial score (nSPS) is 11.6. The Morgan fingerprint density at radius 3 is 1.59 bits per heavy atom. The smallest absolute Gasteiger partial charge is 0.234 e. The van der Waals surface area contributed by atoms with Crippen LogP contribution in [0.25, 0.3) is 9.92 Å². The van der Waals surface area contributed by atoms with Crippen LogP contribution >= 0.6 is 45.9 Å². The van der Waals surface area contributed by atoms with Crippen LogP contribution in [0.2, 0.25) is 10.0 Å². The number of fused-ring (bicyclic) bond motifs is 2. The Balaban J connectivity index is 1.24. The van der Waals surface area contributed by atoms with Gasteiger partial charge >= 0.3 is 0 Å². The van der Waals surface area contributed by atoms with Crippen LogP contribution < -0.4 is 9.47 Å². The van der Waals surface area contributed by atoms with E-state index in [1.54, 1.807) is 21.2 Å². The molecule has 0 aliphatic heterocycles. The minimum Gasteiger partial charge on any atom is -0.485 e. The highest BCUT2D eigenvalue weighted by atomic mass is 35.5. The molecule has 0 spiro atoms. The summed E-state index contributed by atoms with van der Waals surface area (Å²) in [4.78, 5) is 1.48. The van der Waals surface area contributed by atoms with Crippen LogP contribution in [-0.2, 0) is 26.1 Å². The van der Waals surface area contributed by atoms with Gasteiger partial charge in [-0.25, -0.2) is 0 Å². The van der Waals surface area contributed by atoms with Gasteiger partial charge < -0.3 is 9.47 Å². The number of hydrogen-bond acceptors (Lipinski definition) is 10. The molecule has 4 heterocycles. The van der Waals surface area contributed by atoms with E-state index in [0.29, 0.717) is 21.5 Å². The quantitative estimate of drug-likeness (QED) is 0.243. The number of aryl methyl sites for hydroxylation is 2. The lowest BCUT2D eigenvalue weighted by Crippen LogP contribution is -2.01. The van der Waals surface area contributed by atoms with Crippen molar-refractivity contribution < 1.29 is 9.47 Å². The molecule has 0 aliphatic carbocycles. The molecule has 178 valence electrons. The number of rotatable bonds is 10. The van der Waals surface area contributed by atoms with Crippen LogP contribution in [0, 0.1) is 0 Å². The Kier molecular flexibility index (Phi) is 6.82. The van der Waals surface area contributed by atoms with Crippen LogP contribution in [0.5, 0.6) is 11.5 Å². The summed E-state index contributed by atoms with van der Waals surface area (Å²) in [6.45, 7) is 4.66. The van der Waals surface area contributed by atoms with Gasteiger partial charge in [-0.05, 0) is 12.8 Å². The highest BCUT2D eigenvalue weighted by molar-refractivity contribution is 7.16. The molecule has 0 aliphatic rings. The number of halogens is 2. The maximum atomic E-state index is 6.43. The summed E-state index contributed by atoms with van der Waals surface area (Å²) in [6.07, 6.45) is 3.58. The van der Waals surface area contributed by atoms with Crippen LogP contribution in [-0.4, -0.2) is 39.6 Å². The number of aromatic nitrogens is 8. The second-order valence-electron chi connectivity index (χ2n) is 7.40. The molecule has 0 bridgehead atoms. The van der Waals surface area contributed by atoms with E-state index in [4.69, 9.17) is 32.7 Å². The third-order valence-electron chi connectivity index (χ3n) is 4.83. The number of hydrogen-bond donors (Lipinski definition) is 0. The summed E-state index contributed by atoms with van der Waals surface area (Å²) >= 11 is 15.7. The summed E-state index contributed by atoms with van der Waals surface area (Å²) in [7, 11) is 0. The van der Waals surface area contributed by atoms with Gasteiger partial charge in [-0.1, -0.05) is 59.7 Å². The molecule has 5 aromatic rings. The van der Waals surface area contributed by atoms with E-state index < -0.39 is 0 Å². The Labute approximate surface area is 212 Å². The van der Waals surface area contributed by atoms with E-state index in [1.807, 2.05) is 0 Å². The van der Waals surface area contributed by atoms with Gasteiger partial charge in [0.15, 0.2) is 21.7 Å². The molecule has 0 saturated carbocycles. The maximum absolute atomic E-state index is 6.43. The molecule has 10 nitrogen and oxygen atoms in total. The van der Waals surface area contributed by atoms with Crippen LogP contribution in [0.1, 0.15) is 48.4 Å². The summed E-state index contributed by atoms with van der Waals surface area (Å²) in [6, 6.07) is 3.28. The minimum absolute atomic E-state index is 0.239. The SMILES string of the molecule is CCCc1nnc2sc(COc3cc(Cl)c(OCc4nn5c(CCC)nnc5s4)cc3Cl)nn12. The zero-order chi connectivity index (χ0) is 23.7. The molecule has 0 radical (unpaired) electrons. The fraction of sp³-hybridized carbons (Fsp3) is 0.400. The Bertz CT molecular complexity index is 1340. The summed E-state index contributed by atoms with van der Waals surface area (Å²) < 4.78 is 15.3. The first-order valence-corrected chi connectivity index (χ1v) is 13.1. The molecule has 0 amide bonds. The lowest BCUT2D eigenvalue weighted by molar-refractivity contribution is 0.295. The fourth-order valence-electron chi connectivity index (χ4n) is 3.28. The first-order chi connectivity index (χ1) is 16.6. The Morgan fingerprint density at radius 2 is 1.18 bits per heavy atom. The lowest BCUT2D eigenvalue weighted by Gasteiger charge is -2.11. The average molecular weight is 539 g/mol. The predicted molar refractivity (Wildman–Crippen MR) is 130 cm³/mol. The van der Waals surface area contributed by atoms with Crippen molar-refractivity contribution in [3.63, 3.8) is 0 Å². The third-order valence-corrected chi connectivity index (χ3v) is 7.17. The zero-order valence-electron chi connectivity index (χ0n) is 18.4. The minimum atomic E-state index is 0.239. The topological polar surface area (TPSA) is 105 Å². The van der Waals surface area contributed by atoms with E-state index in [1.165, 1.54) is 22.7 Å². The molecule has 0 atom stereocenters. The van der Waals surface area contributed by atoms with E-state index >= 15 is 0 Å². The Morgan fingerprint density at radius 1 is 0.735 bits per heavy atom. The van der Waals surface area contributed by atoms with Gasteiger partial charge in [0.2, 0.25) is 9.92 Å². The van der Waals surface area contributed by atoms with Crippen molar-refractivity contribution in [1.82, 2.24) is 39.6 Å². The maximum Gasteiger partial charge on any atom is 0.234 e. The summed E-state index contributed by atoms with van der Waals surface area (Å²) in [5.41, 5.74) is 0. The van der Waals surface area contributed by atoms with Gasteiger partial charge in [-0.2, -0.15) is 19.2 Å². The molecule has 4 aromatic heterocycles. The monoisotopic (exact) mass is 538 g/mol. The van der Waals surface area contributed by atoms with Crippen LogP contribution in [0.4, 0.5) is 0 Å². The standard InChI is InChI=1S/C20H20Cl2N8O2S2/c1-3-5-15-23-25-19-29(15)27-17(33-19)9-31-13-7-12(22)14(8-11(13)21)32-10-18-28-30-16(6-4-2)24-26-20(30)34-18/h7-8H,3-6,9-10H2,1-2H3. The van der Waals surface area contributed by atoms with Crippen molar-refractivity contribution in [2.45, 2.75) is 52.7 Å². The molecule has 14 heteroatoms. The molecule has 0 fully saturated rings. The summed E-state index contributed by atoms with van der Waals surface area (Å²) in [5.74, 6) is 2.58. The van der Waals surface area contributed by atoms with E-state index in [2.05, 4.69) is 44.4 Å². The van der Waals surface area contributed by atoms with E-state index in [9.17, 15) is 0 Å². The first kappa shape index (κ1) is 23.2. The molecule has 0 N–H and O–H groups in total. The van der Waals surface area contributed by atoms with Gasteiger partial charge in [0.05, 0.1) is 10.0 Å². The number of nitrogens with zero attached hydrogens (tertiary/aromatic N) is 8. The van der Waals surface area contributed by atoms with Crippen LogP contribution in [0.15, 0.2) is 12.1 Å². The second kappa shape index (κ2) is 9.98. The van der Waals surface area contributed by atoms with Crippen molar-refractivity contribution in [3.8, 4) is 11.5 Å². The predicted octanol–water partition coefficient (Wildman–Crippen LogP) is 5.05. The van der Waals surface area contributed by atoms with Gasteiger partial charge in [0, 0.05) is 25.0 Å².